The molecule has 1 aromatic carbocycles. The Morgan fingerprint density at radius 3 is 2.62 bits per heavy atom. The SMILES string of the molecule is O=C(O)c1cccc2c1CN(C(=O)O)C=C2. The van der Waals surface area contributed by atoms with Crippen molar-refractivity contribution in [1.29, 1.82) is 0 Å². The van der Waals surface area contributed by atoms with Crippen LogP contribution in [0.1, 0.15) is 21.5 Å². The van der Waals surface area contributed by atoms with E-state index >= 15 is 0 Å². The Bertz CT molecular complexity index is 493. The van der Waals surface area contributed by atoms with Gasteiger partial charge in [0.25, 0.3) is 0 Å². The van der Waals surface area contributed by atoms with Crippen molar-refractivity contribution in [3.05, 3.63) is 41.1 Å². The minimum atomic E-state index is -1.10. The highest BCUT2D eigenvalue weighted by Gasteiger charge is 2.20. The van der Waals surface area contributed by atoms with E-state index in [1.54, 1.807) is 18.2 Å². The summed E-state index contributed by atoms with van der Waals surface area (Å²) in [6.45, 7) is 0.0731. The van der Waals surface area contributed by atoms with Crippen LogP contribution in [-0.4, -0.2) is 27.2 Å². The van der Waals surface area contributed by atoms with Crippen LogP contribution < -0.4 is 0 Å². The summed E-state index contributed by atoms with van der Waals surface area (Å²) in [4.78, 5) is 22.8. The summed E-state index contributed by atoms with van der Waals surface area (Å²) in [5.74, 6) is -1.04. The zero-order valence-electron chi connectivity index (χ0n) is 8.25. The highest BCUT2D eigenvalue weighted by Crippen LogP contribution is 2.23. The summed E-state index contributed by atoms with van der Waals surface area (Å²) in [5, 5.41) is 17.8. The highest BCUT2D eigenvalue weighted by molar-refractivity contribution is 5.91. The van der Waals surface area contributed by atoms with Gasteiger partial charge in [-0.25, -0.2) is 9.59 Å². The maximum Gasteiger partial charge on any atom is 0.411 e. The molecular weight excluding hydrogens is 210 g/mol. The Hall–Kier alpha value is -2.30. The summed E-state index contributed by atoms with van der Waals surface area (Å²) < 4.78 is 0. The van der Waals surface area contributed by atoms with E-state index in [0.29, 0.717) is 5.56 Å². The fourth-order valence-electron chi connectivity index (χ4n) is 1.66. The summed E-state index contributed by atoms with van der Waals surface area (Å²) in [6, 6.07) is 4.88. The molecule has 5 heteroatoms. The second kappa shape index (κ2) is 3.69. The molecule has 1 aliphatic heterocycles. The van der Waals surface area contributed by atoms with Gasteiger partial charge < -0.3 is 10.2 Å². The number of hydrogen-bond acceptors (Lipinski definition) is 2. The Morgan fingerprint density at radius 1 is 1.25 bits per heavy atom. The quantitative estimate of drug-likeness (QED) is 0.755. The molecule has 0 saturated heterocycles. The Balaban J connectivity index is 2.48. The van der Waals surface area contributed by atoms with Gasteiger partial charge in [0.2, 0.25) is 0 Å². The van der Waals surface area contributed by atoms with Crippen LogP contribution in [0.2, 0.25) is 0 Å². The number of rotatable bonds is 1. The molecule has 1 amide bonds. The average Bonchev–Trinajstić information content (AvgIpc) is 2.27. The number of nitrogens with zero attached hydrogens (tertiary/aromatic N) is 1. The lowest BCUT2D eigenvalue weighted by atomic mass is 9.98. The predicted molar refractivity (Wildman–Crippen MR) is 56.0 cm³/mol. The first kappa shape index (κ1) is 10.2. The summed E-state index contributed by atoms with van der Waals surface area (Å²) in [5.41, 5.74) is 1.42. The molecule has 0 spiro atoms. The Morgan fingerprint density at radius 2 is 2.00 bits per heavy atom. The van der Waals surface area contributed by atoms with Crippen molar-refractivity contribution in [1.82, 2.24) is 4.90 Å². The summed E-state index contributed by atoms with van der Waals surface area (Å²) in [7, 11) is 0. The number of carbonyl (C=O) groups is 2. The van der Waals surface area contributed by atoms with Gasteiger partial charge in [-0.05, 0) is 23.3 Å². The highest BCUT2D eigenvalue weighted by atomic mass is 16.4. The van der Waals surface area contributed by atoms with Crippen molar-refractivity contribution in [2.75, 3.05) is 0 Å². The van der Waals surface area contributed by atoms with Crippen LogP contribution >= 0.6 is 0 Å². The second-order valence-corrected chi connectivity index (χ2v) is 3.40. The number of benzene rings is 1. The molecule has 5 nitrogen and oxygen atoms in total. The minimum absolute atomic E-state index is 0.0731. The first-order valence-corrected chi connectivity index (χ1v) is 4.62. The molecule has 0 unspecified atom stereocenters. The Labute approximate surface area is 91.2 Å². The molecule has 0 saturated carbocycles. The van der Waals surface area contributed by atoms with Gasteiger partial charge in [-0.3, -0.25) is 4.90 Å². The smallest absolute Gasteiger partial charge is 0.411 e. The third-order valence-corrected chi connectivity index (χ3v) is 2.45. The fraction of sp³-hybridized carbons (Fsp3) is 0.0909. The summed E-state index contributed by atoms with van der Waals surface area (Å²) >= 11 is 0. The second-order valence-electron chi connectivity index (χ2n) is 3.40. The van der Waals surface area contributed by atoms with Crippen LogP contribution in [0.25, 0.3) is 6.08 Å². The predicted octanol–water partition coefficient (Wildman–Crippen LogP) is 1.85. The molecule has 1 aliphatic rings. The number of amides is 1. The standard InChI is InChI=1S/C11H9NO4/c13-10(14)8-3-1-2-7-4-5-12(11(15)16)6-9(7)8/h1-5H,6H2,(H,13,14)(H,15,16). The minimum Gasteiger partial charge on any atom is -0.478 e. The molecule has 0 aliphatic carbocycles. The van der Waals surface area contributed by atoms with Gasteiger partial charge in [-0.15, -0.1) is 0 Å². The molecule has 0 atom stereocenters. The van der Waals surface area contributed by atoms with Crippen molar-refractivity contribution < 1.29 is 19.8 Å². The third kappa shape index (κ3) is 1.63. The van der Waals surface area contributed by atoms with Gasteiger partial charge >= 0.3 is 12.1 Å². The molecule has 82 valence electrons. The number of carboxylic acid groups (broad SMARTS) is 2. The third-order valence-electron chi connectivity index (χ3n) is 2.45. The van der Waals surface area contributed by atoms with Crippen molar-refractivity contribution >= 4 is 18.1 Å². The number of hydrogen-bond donors (Lipinski definition) is 2. The van der Waals surface area contributed by atoms with Gasteiger partial charge in [0, 0.05) is 6.20 Å². The molecule has 2 N–H and O–H groups in total. The molecule has 2 rings (SSSR count). The topological polar surface area (TPSA) is 77.8 Å². The number of carboxylic acids is 1. The lowest BCUT2D eigenvalue weighted by Gasteiger charge is -2.21. The average molecular weight is 219 g/mol. The molecule has 0 bridgehead atoms. The van der Waals surface area contributed by atoms with Gasteiger partial charge in [-0.2, -0.15) is 0 Å². The van der Waals surface area contributed by atoms with Crippen LogP contribution in [0.3, 0.4) is 0 Å². The van der Waals surface area contributed by atoms with Gasteiger partial charge in [0.1, 0.15) is 0 Å². The first-order valence-electron chi connectivity index (χ1n) is 4.62. The molecule has 1 aromatic rings. The summed E-state index contributed by atoms with van der Waals surface area (Å²) in [6.07, 6.45) is 1.93. The zero-order valence-corrected chi connectivity index (χ0v) is 8.25. The van der Waals surface area contributed by atoms with Crippen molar-refractivity contribution in [3.8, 4) is 0 Å². The molecule has 0 radical (unpaired) electrons. The lowest BCUT2D eigenvalue weighted by Crippen LogP contribution is -2.26. The van der Waals surface area contributed by atoms with Crippen LogP contribution in [0.5, 0.6) is 0 Å². The molecule has 0 aromatic heterocycles. The molecular formula is C11H9NO4. The first-order chi connectivity index (χ1) is 7.59. The van der Waals surface area contributed by atoms with Crippen molar-refractivity contribution in [2.24, 2.45) is 0 Å². The normalized spacial score (nSPS) is 13.4. The van der Waals surface area contributed by atoms with Gasteiger partial charge in [-0.1, -0.05) is 12.1 Å². The zero-order chi connectivity index (χ0) is 11.7. The van der Waals surface area contributed by atoms with Crippen LogP contribution in [0, 0.1) is 0 Å². The maximum absolute atomic E-state index is 11.0. The van der Waals surface area contributed by atoms with E-state index < -0.39 is 12.1 Å². The number of aromatic carboxylic acids is 1. The van der Waals surface area contributed by atoms with Crippen LogP contribution in [0.15, 0.2) is 24.4 Å². The van der Waals surface area contributed by atoms with Crippen molar-refractivity contribution in [2.45, 2.75) is 6.54 Å². The Kier molecular flexibility index (Phi) is 2.36. The fourth-order valence-corrected chi connectivity index (χ4v) is 1.66. The van der Waals surface area contributed by atoms with E-state index in [1.165, 1.54) is 12.3 Å². The molecule has 1 heterocycles. The van der Waals surface area contributed by atoms with E-state index in [0.717, 1.165) is 10.5 Å². The van der Waals surface area contributed by atoms with Gasteiger partial charge in [0.05, 0.1) is 12.1 Å². The van der Waals surface area contributed by atoms with E-state index in [4.69, 9.17) is 10.2 Å². The number of fused-ring (bicyclic) bond motifs is 1. The largest absolute Gasteiger partial charge is 0.478 e. The molecule has 16 heavy (non-hydrogen) atoms. The van der Waals surface area contributed by atoms with E-state index in [-0.39, 0.29) is 12.1 Å². The van der Waals surface area contributed by atoms with Crippen molar-refractivity contribution in [3.63, 3.8) is 0 Å². The van der Waals surface area contributed by atoms with E-state index in [1.807, 2.05) is 0 Å². The lowest BCUT2D eigenvalue weighted by molar-refractivity contribution is 0.0694. The van der Waals surface area contributed by atoms with Gasteiger partial charge in [0.15, 0.2) is 0 Å². The molecule has 0 fully saturated rings. The van der Waals surface area contributed by atoms with Crippen LogP contribution in [0.4, 0.5) is 4.79 Å². The van der Waals surface area contributed by atoms with E-state index in [9.17, 15) is 9.59 Å². The maximum atomic E-state index is 11.0. The van der Waals surface area contributed by atoms with E-state index in [2.05, 4.69) is 0 Å². The monoisotopic (exact) mass is 219 g/mol. The van der Waals surface area contributed by atoms with Crippen LogP contribution in [-0.2, 0) is 6.54 Å².